The average Bonchev–Trinajstić information content (AvgIpc) is 2.88. The van der Waals surface area contributed by atoms with Gasteiger partial charge in [0.05, 0.1) is 6.54 Å². The molecule has 1 atom stereocenters. The fourth-order valence-electron chi connectivity index (χ4n) is 3.83. The molecule has 2 amide bonds. The number of hydrogen-bond donors (Lipinski definition) is 2. The SMILES string of the molecule is O=C(NC(CN1CCc2cc(OCc3ccccc3)ccc2C1=O)C(=O)O)OCc1ccccc1. The number of fused-ring (bicyclic) bond motifs is 1. The molecule has 0 aromatic heterocycles. The van der Waals surface area contributed by atoms with Gasteiger partial charge < -0.3 is 24.8 Å². The maximum absolute atomic E-state index is 13.0. The first kappa shape index (κ1) is 23.8. The number of hydrogen-bond acceptors (Lipinski definition) is 5. The van der Waals surface area contributed by atoms with Crippen LogP contribution in [0.1, 0.15) is 27.0 Å². The van der Waals surface area contributed by atoms with E-state index in [1.807, 2.05) is 54.6 Å². The Balaban J connectivity index is 1.34. The summed E-state index contributed by atoms with van der Waals surface area (Å²) in [7, 11) is 0. The normalized spacial score (nSPS) is 13.5. The number of benzene rings is 3. The third kappa shape index (κ3) is 6.38. The Kier molecular flexibility index (Phi) is 7.62. The van der Waals surface area contributed by atoms with Crippen LogP contribution in [0.25, 0.3) is 0 Å². The Morgan fingerprint density at radius 3 is 2.26 bits per heavy atom. The second kappa shape index (κ2) is 11.2. The molecule has 0 saturated heterocycles. The summed E-state index contributed by atoms with van der Waals surface area (Å²) in [6, 6.07) is 22.8. The van der Waals surface area contributed by atoms with Crippen LogP contribution in [0, 0.1) is 0 Å². The van der Waals surface area contributed by atoms with Gasteiger partial charge in [0, 0.05) is 12.1 Å². The predicted molar refractivity (Wildman–Crippen MR) is 128 cm³/mol. The quantitative estimate of drug-likeness (QED) is 0.491. The molecule has 2 N–H and O–H groups in total. The monoisotopic (exact) mass is 474 g/mol. The molecule has 0 fully saturated rings. The largest absolute Gasteiger partial charge is 0.489 e. The molecular weight excluding hydrogens is 448 g/mol. The Labute approximate surface area is 203 Å². The first-order valence-corrected chi connectivity index (χ1v) is 11.3. The van der Waals surface area contributed by atoms with Gasteiger partial charge in [-0.3, -0.25) is 4.79 Å². The third-order valence-corrected chi connectivity index (χ3v) is 5.70. The number of carbonyl (C=O) groups excluding carboxylic acids is 2. The van der Waals surface area contributed by atoms with Crippen LogP contribution in [0.3, 0.4) is 0 Å². The molecule has 1 aliphatic rings. The fraction of sp³-hybridized carbons (Fsp3) is 0.222. The predicted octanol–water partition coefficient (Wildman–Crippen LogP) is 3.64. The highest BCUT2D eigenvalue weighted by molar-refractivity contribution is 5.97. The summed E-state index contributed by atoms with van der Waals surface area (Å²) in [6.07, 6.45) is -0.305. The van der Waals surface area contributed by atoms with Crippen LogP contribution in [0.2, 0.25) is 0 Å². The topological polar surface area (TPSA) is 105 Å². The summed E-state index contributed by atoms with van der Waals surface area (Å²) in [4.78, 5) is 38.3. The molecule has 180 valence electrons. The van der Waals surface area contributed by atoms with Crippen molar-refractivity contribution in [3.8, 4) is 5.75 Å². The highest BCUT2D eigenvalue weighted by Crippen LogP contribution is 2.25. The minimum atomic E-state index is -1.29. The number of aliphatic carboxylic acids is 1. The van der Waals surface area contributed by atoms with Gasteiger partial charge in [-0.1, -0.05) is 60.7 Å². The Hall–Kier alpha value is -4.33. The van der Waals surface area contributed by atoms with Crippen molar-refractivity contribution in [1.29, 1.82) is 0 Å². The van der Waals surface area contributed by atoms with E-state index in [-0.39, 0.29) is 19.1 Å². The number of rotatable bonds is 9. The van der Waals surface area contributed by atoms with Crippen molar-refractivity contribution in [1.82, 2.24) is 10.2 Å². The number of carboxylic acids is 1. The van der Waals surface area contributed by atoms with Crippen LogP contribution < -0.4 is 10.1 Å². The number of nitrogens with one attached hydrogen (secondary N) is 1. The van der Waals surface area contributed by atoms with Gasteiger partial charge in [0.15, 0.2) is 0 Å². The zero-order chi connectivity index (χ0) is 24.6. The molecule has 4 rings (SSSR count). The van der Waals surface area contributed by atoms with E-state index in [4.69, 9.17) is 9.47 Å². The molecule has 3 aromatic carbocycles. The van der Waals surface area contributed by atoms with Crippen molar-refractivity contribution in [3.05, 3.63) is 101 Å². The van der Waals surface area contributed by atoms with E-state index in [2.05, 4.69) is 5.32 Å². The van der Waals surface area contributed by atoms with Gasteiger partial charge in [-0.2, -0.15) is 0 Å². The van der Waals surface area contributed by atoms with E-state index in [0.29, 0.717) is 30.9 Å². The van der Waals surface area contributed by atoms with Crippen molar-refractivity contribution in [2.24, 2.45) is 0 Å². The number of alkyl carbamates (subject to hydrolysis) is 1. The van der Waals surface area contributed by atoms with E-state index in [9.17, 15) is 19.5 Å². The summed E-state index contributed by atoms with van der Waals surface area (Å²) in [5.74, 6) is -0.864. The second-order valence-corrected chi connectivity index (χ2v) is 8.19. The van der Waals surface area contributed by atoms with Crippen molar-refractivity contribution < 1.29 is 29.0 Å². The molecule has 0 saturated carbocycles. The van der Waals surface area contributed by atoms with E-state index >= 15 is 0 Å². The van der Waals surface area contributed by atoms with Crippen LogP contribution >= 0.6 is 0 Å². The summed E-state index contributed by atoms with van der Waals surface area (Å²) in [5, 5.41) is 11.9. The van der Waals surface area contributed by atoms with Gasteiger partial charge in [-0.25, -0.2) is 9.59 Å². The van der Waals surface area contributed by atoms with Crippen molar-refractivity contribution in [3.63, 3.8) is 0 Å². The summed E-state index contributed by atoms with van der Waals surface area (Å²) >= 11 is 0. The first-order valence-electron chi connectivity index (χ1n) is 11.3. The van der Waals surface area contributed by atoms with Crippen molar-refractivity contribution >= 4 is 18.0 Å². The molecule has 1 unspecified atom stereocenters. The average molecular weight is 475 g/mol. The molecule has 0 radical (unpaired) electrons. The highest BCUT2D eigenvalue weighted by atomic mass is 16.5. The fourth-order valence-corrected chi connectivity index (χ4v) is 3.83. The van der Waals surface area contributed by atoms with Gasteiger partial charge in [0.1, 0.15) is 25.0 Å². The number of carboxylic acid groups (broad SMARTS) is 1. The lowest BCUT2D eigenvalue weighted by Crippen LogP contribution is -2.51. The minimum absolute atomic E-state index is 0.0176. The molecule has 3 aromatic rings. The smallest absolute Gasteiger partial charge is 0.408 e. The van der Waals surface area contributed by atoms with Gasteiger partial charge >= 0.3 is 12.1 Å². The van der Waals surface area contributed by atoms with Crippen LogP contribution in [-0.4, -0.2) is 47.1 Å². The molecule has 0 spiro atoms. The van der Waals surface area contributed by atoms with E-state index in [1.54, 1.807) is 24.3 Å². The molecular formula is C27H26N2O6. The lowest BCUT2D eigenvalue weighted by molar-refractivity contribution is -0.139. The standard InChI is InChI=1S/C27H26N2O6/c30-25-23-12-11-22(34-17-19-7-3-1-4-8-19)15-21(23)13-14-29(25)16-24(26(31)32)28-27(33)35-18-20-9-5-2-6-10-20/h1-12,15,24H,13-14,16-18H2,(H,28,33)(H,31,32). The van der Waals surface area contributed by atoms with E-state index in [1.165, 1.54) is 4.90 Å². The molecule has 1 heterocycles. The maximum atomic E-state index is 13.0. The summed E-state index contributed by atoms with van der Waals surface area (Å²) < 4.78 is 11.0. The Morgan fingerprint density at radius 1 is 0.943 bits per heavy atom. The lowest BCUT2D eigenvalue weighted by atomic mass is 9.98. The van der Waals surface area contributed by atoms with Gasteiger partial charge in [-0.15, -0.1) is 0 Å². The second-order valence-electron chi connectivity index (χ2n) is 8.19. The van der Waals surface area contributed by atoms with Crippen LogP contribution in [0.5, 0.6) is 5.75 Å². The summed E-state index contributed by atoms with van der Waals surface area (Å²) in [6.45, 7) is 0.606. The van der Waals surface area contributed by atoms with E-state index < -0.39 is 18.1 Å². The molecule has 8 nitrogen and oxygen atoms in total. The Morgan fingerprint density at radius 2 is 1.60 bits per heavy atom. The van der Waals surface area contributed by atoms with Gasteiger partial charge in [-0.05, 0) is 41.3 Å². The molecule has 35 heavy (non-hydrogen) atoms. The van der Waals surface area contributed by atoms with Gasteiger partial charge in [0.2, 0.25) is 0 Å². The molecule has 0 aliphatic carbocycles. The van der Waals surface area contributed by atoms with Crippen molar-refractivity contribution in [2.75, 3.05) is 13.1 Å². The number of amides is 2. The molecule has 8 heteroatoms. The maximum Gasteiger partial charge on any atom is 0.408 e. The number of carbonyl (C=O) groups is 3. The molecule has 0 bridgehead atoms. The highest BCUT2D eigenvalue weighted by Gasteiger charge is 2.30. The Bertz CT molecular complexity index is 1180. The first-order chi connectivity index (χ1) is 17.0. The van der Waals surface area contributed by atoms with Crippen LogP contribution in [0.4, 0.5) is 4.79 Å². The lowest BCUT2D eigenvalue weighted by Gasteiger charge is -2.31. The van der Waals surface area contributed by atoms with E-state index in [0.717, 1.165) is 16.7 Å². The number of nitrogens with zero attached hydrogens (tertiary/aromatic N) is 1. The number of ether oxygens (including phenoxy) is 2. The minimum Gasteiger partial charge on any atom is -0.489 e. The van der Waals surface area contributed by atoms with Gasteiger partial charge in [0.25, 0.3) is 5.91 Å². The van der Waals surface area contributed by atoms with Crippen LogP contribution in [0.15, 0.2) is 78.9 Å². The third-order valence-electron chi connectivity index (χ3n) is 5.70. The molecule has 1 aliphatic heterocycles. The zero-order valence-electron chi connectivity index (χ0n) is 19.1. The zero-order valence-corrected chi connectivity index (χ0v) is 19.1. The summed E-state index contributed by atoms with van der Waals surface area (Å²) in [5.41, 5.74) is 3.17. The van der Waals surface area contributed by atoms with Crippen LogP contribution in [-0.2, 0) is 29.2 Å². The van der Waals surface area contributed by atoms with Crippen molar-refractivity contribution in [2.45, 2.75) is 25.7 Å².